The van der Waals surface area contributed by atoms with Crippen molar-refractivity contribution in [1.29, 1.82) is 5.26 Å². The Kier molecular flexibility index (Phi) is 9.31. The Balaban J connectivity index is 1.63. The van der Waals surface area contributed by atoms with E-state index in [0.29, 0.717) is 12.5 Å². The molecule has 0 bridgehead atoms. The number of benzene rings is 2. The van der Waals surface area contributed by atoms with E-state index in [1.54, 1.807) is 12.1 Å². The molecule has 3 rings (SSSR count). The highest BCUT2D eigenvalue weighted by atomic mass is 19.1. The lowest BCUT2D eigenvalue weighted by Crippen LogP contribution is -2.42. The van der Waals surface area contributed by atoms with Crippen molar-refractivity contribution in [3.05, 3.63) is 78.4 Å². The number of nitrogens with zero attached hydrogens (tertiary/aromatic N) is 4. The Bertz CT molecular complexity index is 1020. The standard InChI is InChI=1S/C29H38FN5/c1-23(2)21-32-28(33-27-13-11-26(30)12-14-27)35-19-17-34(18-20-35)16-8-15-29(22-31,24(3)4)25-9-6-5-7-10-25/h5-7,9-14,17,19,23-24H,8,15-16,18,20-21H2,1-4H3,(H,32,33). The Morgan fingerprint density at radius 1 is 1.06 bits per heavy atom. The Hall–Kier alpha value is -3.33. The minimum absolute atomic E-state index is 0.236. The van der Waals surface area contributed by atoms with Gasteiger partial charge in [-0.05, 0) is 54.5 Å². The fourth-order valence-corrected chi connectivity index (χ4v) is 4.37. The van der Waals surface area contributed by atoms with E-state index in [0.717, 1.165) is 49.7 Å². The van der Waals surface area contributed by atoms with Crippen molar-refractivity contribution >= 4 is 11.6 Å². The lowest BCUT2D eigenvalue weighted by atomic mass is 9.70. The summed E-state index contributed by atoms with van der Waals surface area (Å²) in [7, 11) is 0. The number of nitriles is 1. The molecular weight excluding hydrogens is 437 g/mol. The van der Waals surface area contributed by atoms with Crippen LogP contribution in [0.3, 0.4) is 0 Å². The van der Waals surface area contributed by atoms with Crippen LogP contribution >= 0.6 is 0 Å². The summed E-state index contributed by atoms with van der Waals surface area (Å²) in [6, 6.07) is 19.2. The Morgan fingerprint density at radius 3 is 2.34 bits per heavy atom. The van der Waals surface area contributed by atoms with Crippen LogP contribution in [-0.2, 0) is 5.41 Å². The van der Waals surface area contributed by atoms with Gasteiger partial charge in [-0.25, -0.2) is 4.39 Å². The predicted molar refractivity (Wildman–Crippen MR) is 142 cm³/mol. The molecule has 0 amide bonds. The van der Waals surface area contributed by atoms with Crippen molar-refractivity contribution in [3.63, 3.8) is 0 Å². The maximum atomic E-state index is 13.3. The number of hydrogen-bond donors (Lipinski definition) is 1. The van der Waals surface area contributed by atoms with Gasteiger partial charge in [-0.1, -0.05) is 58.0 Å². The van der Waals surface area contributed by atoms with Crippen LogP contribution in [0.1, 0.15) is 46.1 Å². The Morgan fingerprint density at radius 2 is 1.77 bits per heavy atom. The predicted octanol–water partition coefficient (Wildman–Crippen LogP) is 6.24. The van der Waals surface area contributed by atoms with E-state index >= 15 is 0 Å². The second-order valence-electron chi connectivity index (χ2n) is 9.92. The number of halogens is 1. The molecule has 2 aromatic carbocycles. The van der Waals surface area contributed by atoms with E-state index in [2.05, 4.69) is 73.4 Å². The zero-order chi connectivity index (χ0) is 25.3. The van der Waals surface area contributed by atoms with Crippen LogP contribution in [0.5, 0.6) is 0 Å². The van der Waals surface area contributed by atoms with Crippen LogP contribution in [0.25, 0.3) is 0 Å². The van der Waals surface area contributed by atoms with E-state index in [-0.39, 0.29) is 11.7 Å². The summed E-state index contributed by atoms with van der Waals surface area (Å²) in [4.78, 5) is 9.20. The van der Waals surface area contributed by atoms with E-state index in [1.165, 1.54) is 12.1 Å². The van der Waals surface area contributed by atoms with Crippen molar-refractivity contribution < 1.29 is 4.39 Å². The van der Waals surface area contributed by atoms with E-state index < -0.39 is 5.41 Å². The highest BCUT2D eigenvalue weighted by Gasteiger charge is 2.35. The first-order valence-electron chi connectivity index (χ1n) is 12.6. The van der Waals surface area contributed by atoms with Gasteiger partial charge < -0.3 is 15.1 Å². The minimum Gasteiger partial charge on any atom is -0.374 e. The van der Waals surface area contributed by atoms with Crippen molar-refractivity contribution in [2.75, 3.05) is 31.5 Å². The summed E-state index contributed by atoms with van der Waals surface area (Å²) >= 11 is 0. The van der Waals surface area contributed by atoms with Gasteiger partial charge in [0, 0.05) is 44.3 Å². The maximum absolute atomic E-state index is 13.3. The average Bonchev–Trinajstić information content (AvgIpc) is 2.86. The molecular formula is C29H38FN5. The quantitative estimate of drug-likeness (QED) is 0.345. The molecule has 5 nitrogen and oxygen atoms in total. The zero-order valence-corrected chi connectivity index (χ0v) is 21.4. The molecule has 2 aromatic rings. The molecule has 1 unspecified atom stereocenters. The second-order valence-corrected chi connectivity index (χ2v) is 9.92. The molecule has 186 valence electrons. The van der Waals surface area contributed by atoms with Gasteiger partial charge in [0.05, 0.1) is 11.5 Å². The molecule has 0 radical (unpaired) electrons. The number of nitrogens with one attached hydrogen (secondary N) is 1. The monoisotopic (exact) mass is 475 g/mol. The summed E-state index contributed by atoms with van der Waals surface area (Å²) in [5, 5.41) is 13.5. The van der Waals surface area contributed by atoms with Crippen LogP contribution in [-0.4, -0.2) is 41.9 Å². The molecule has 1 aliphatic rings. The first-order valence-corrected chi connectivity index (χ1v) is 12.6. The topological polar surface area (TPSA) is 54.7 Å². The van der Waals surface area contributed by atoms with Crippen LogP contribution in [0.15, 0.2) is 72.0 Å². The molecule has 1 atom stereocenters. The minimum atomic E-state index is -0.470. The third kappa shape index (κ3) is 7.08. The van der Waals surface area contributed by atoms with Gasteiger partial charge in [0.25, 0.3) is 0 Å². The maximum Gasteiger partial charge on any atom is 0.202 e. The first-order chi connectivity index (χ1) is 16.8. The number of anilines is 1. The summed E-state index contributed by atoms with van der Waals surface area (Å²) in [5.74, 6) is 1.19. The molecule has 0 aliphatic carbocycles. The van der Waals surface area contributed by atoms with Gasteiger partial charge in [0.15, 0.2) is 0 Å². The van der Waals surface area contributed by atoms with Crippen LogP contribution in [0, 0.1) is 29.0 Å². The molecule has 6 heteroatoms. The summed E-state index contributed by atoms with van der Waals surface area (Å²) in [6.45, 7) is 11.8. The molecule has 1 heterocycles. The van der Waals surface area contributed by atoms with Crippen LogP contribution in [0.2, 0.25) is 0 Å². The third-order valence-corrected chi connectivity index (χ3v) is 6.55. The normalized spacial score (nSPS) is 15.9. The van der Waals surface area contributed by atoms with E-state index in [9.17, 15) is 9.65 Å². The average molecular weight is 476 g/mol. The van der Waals surface area contributed by atoms with Gasteiger partial charge in [-0.3, -0.25) is 4.99 Å². The number of guanidine groups is 1. The fourth-order valence-electron chi connectivity index (χ4n) is 4.37. The molecule has 0 saturated carbocycles. The summed E-state index contributed by atoms with van der Waals surface area (Å²) < 4.78 is 13.3. The third-order valence-electron chi connectivity index (χ3n) is 6.55. The SMILES string of the molecule is CC(C)CN=C(Nc1ccc(F)cc1)N1C=CN(CCCC(C#N)(c2ccccc2)C(C)C)CC1. The molecule has 0 saturated heterocycles. The Labute approximate surface area is 210 Å². The van der Waals surface area contributed by atoms with Gasteiger partial charge in [0.1, 0.15) is 5.82 Å². The van der Waals surface area contributed by atoms with Gasteiger partial charge in [0.2, 0.25) is 5.96 Å². The van der Waals surface area contributed by atoms with Crippen molar-refractivity contribution in [1.82, 2.24) is 9.80 Å². The number of rotatable bonds is 9. The van der Waals surface area contributed by atoms with Gasteiger partial charge >= 0.3 is 0 Å². The highest BCUT2D eigenvalue weighted by Crippen LogP contribution is 2.36. The smallest absolute Gasteiger partial charge is 0.202 e. The lowest BCUT2D eigenvalue weighted by Gasteiger charge is -2.34. The van der Waals surface area contributed by atoms with Crippen LogP contribution < -0.4 is 5.32 Å². The summed E-state index contributed by atoms with van der Waals surface area (Å²) in [5.41, 5.74) is 1.45. The van der Waals surface area contributed by atoms with Crippen molar-refractivity contribution in [2.24, 2.45) is 16.8 Å². The first kappa shape index (κ1) is 26.3. The van der Waals surface area contributed by atoms with E-state index in [1.807, 2.05) is 18.2 Å². The number of aliphatic imine (C=N–C) groups is 1. The molecule has 1 N–H and O–H groups in total. The molecule has 0 spiro atoms. The molecule has 0 fully saturated rings. The fraction of sp³-hybridized carbons (Fsp3) is 0.448. The number of hydrogen-bond acceptors (Lipinski definition) is 3. The van der Waals surface area contributed by atoms with E-state index in [4.69, 9.17) is 4.99 Å². The van der Waals surface area contributed by atoms with Gasteiger partial charge in [-0.15, -0.1) is 0 Å². The molecule has 35 heavy (non-hydrogen) atoms. The largest absolute Gasteiger partial charge is 0.374 e. The van der Waals surface area contributed by atoms with Crippen molar-refractivity contribution in [3.8, 4) is 6.07 Å². The summed E-state index contributed by atoms with van der Waals surface area (Å²) in [6.07, 6.45) is 5.92. The van der Waals surface area contributed by atoms with Gasteiger partial charge in [-0.2, -0.15) is 5.26 Å². The van der Waals surface area contributed by atoms with Crippen LogP contribution in [0.4, 0.5) is 10.1 Å². The highest BCUT2D eigenvalue weighted by molar-refractivity contribution is 5.94. The lowest BCUT2D eigenvalue weighted by molar-refractivity contribution is 0.284. The molecule has 1 aliphatic heterocycles. The second kappa shape index (κ2) is 12.4. The zero-order valence-electron chi connectivity index (χ0n) is 21.4. The molecule has 0 aromatic heterocycles. The van der Waals surface area contributed by atoms with Crippen molar-refractivity contribution in [2.45, 2.75) is 46.0 Å².